The minimum absolute atomic E-state index is 0.207. The molecule has 0 atom stereocenters. The second-order valence-corrected chi connectivity index (χ2v) is 2.11. The lowest BCUT2D eigenvalue weighted by atomic mass is 10.7. The molecule has 0 saturated carbocycles. The Balaban J connectivity index is 2.95. The standard InChI is InChI=1S/C8H16O5/c1-3-11-4-5-12-6-7-13-8(9)10-2/h3-7H2,1-2H3. The van der Waals surface area contributed by atoms with Crippen molar-refractivity contribution in [3.05, 3.63) is 0 Å². The van der Waals surface area contributed by atoms with Gasteiger partial charge in [-0.1, -0.05) is 0 Å². The van der Waals surface area contributed by atoms with Gasteiger partial charge in [0.2, 0.25) is 0 Å². The molecule has 0 fully saturated rings. The molecule has 0 aromatic rings. The highest BCUT2D eigenvalue weighted by Gasteiger charge is 1.98. The summed E-state index contributed by atoms with van der Waals surface area (Å²) in [6.07, 6.45) is -0.687. The van der Waals surface area contributed by atoms with Gasteiger partial charge in [-0.3, -0.25) is 0 Å². The second-order valence-electron chi connectivity index (χ2n) is 2.11. The normalized spacial score (nSPS) is 9.69. The van der Waals surface area contributed by atoms with E-state index in [2.05, 4.69) is 9.47 Å². The first-order valence-corrected chi connectivity index (χ1v) is 4.17. The van der Waals surface area contributed by atoms with E-state index in [1.807, 2.05) is 6.92 Å². The van der Waals surface area contributed by atoms with E-state index in [0.717, 1.165) is 0 Å². The van der Waals surface area contributed by atoms with Crippen LogP contribution in [0.5, 0.6) is 0 Å². The molecule has 0 aliphatic carbocycles. The highest BCUT2D eigenvalue weighted by atomic mass is 16.7. The van der Waals surface area contributed by atoms with E-state index >= 15 is 0 Å². The van der Waals surface area contributed by atoms with Crippen LogP contribution in [0.1, 0.15) is 6.92 Å². The molecule has 13 heavy (non-hydrogen) atoms. The van der Waals surface area contributed by atoms with Crippen molar-refractivity contribution >= 4 is 6.16 Å². The summed E-state index contributed by atoms with van der Waals surface area (Å²) in [5.74, 6) is 0. The minimum atomic E-state index is -0.687. The van der Waals surface area contributed by atoms with Crippen LogP contribution in [0.15, 0.2) is 0 Å². The van der Waals surface area contributed by atoms with Gasteiger partial charge in [-0.2, -0.15) is 0 Å². The molecule has 0 N–H and O–H groups in total. The van der Waals surface area contributed by atoms with Gasteiger partial charge in [0.1, 0.15) is 6.61 Å². The summed E-state index contributed by atoms with van der Waals surface area (Å²) >= 11 is 0. The second kappa shape index (κ2) is 9.28. The Morgan fingerprint density at radius 3 is 2.31 bits per heavy atom. The Labute approximate surface area is 77.9 Å². The van der Waals surface area contributed by atoms with Crippen molar-refractivity contribution in [2.24, 2.45) is 0 Å². The van der Waals surface area contributed by atoms with Crippen LogP contribution in [-0.2, 0) is 18.9 Å². The predicted molar refractivity (Wildman–Crippen MR) is 45.7 cm³/mol. The smallest absolute Gasteiger partial charge is 0.438 e. The summed E-state index contributed by atoms with van der Waals surface area (Å²) in [5.41, 5.74) is 0. The Hall–Kier alpha value is -0.810. The lowest BCUT2D eigenvalue weighted by Crippen LogP contribution is -2.12. The van der Waals surface area contributed by atoms with Crippen LogP contribution in [0.4, 0.5) is 4.79 Å². The van der Waals surface area contributed by atoms with Crippen LogP contribution in [0.2, 0.25) is 0 Å². The van der Waals surface area contributed by atoms with Crippen molar-refractivity contribution in [2.45, 2.75) is 6.92 Å². The van der Waals surface area contributed by atoms with Gasteiger partial charge in [-0.25, -0.2) is 4.79 Å². The fraction of sp³-hybridized carbons (Fsp3) is 0.875. The van der Waals surface area contributed by atoms with E-state index in [1.54, 1.807) is 0 Å². The molecule has 0 aromatic heterocycles. The molecule has 0 aliphatic rings. The van der Waals surface area contributed by atoms with Crippen LogP contribution in [0, 0.1) is 0 Å². The van der Waals surface area contributed by atoms with Gasteiger partial charge in [0.25, 0.3) is 0 Å². The first-order chi connectivity index (χ1) is 6.31. The van der Waals surface area contributed by atoms with Gasteiger partial charge < -0.3 is 18.9 Å². The topological polar surface area (TPSA) is 54.0 Å². The number of hydrogen-bond donors (Lipinski definition) is 0. The van der Waals surface area contributed by atoms with Crippen molar-refractivity contribution in [3.8, 4) is 0 Å². The fourth-order valence-corrected chi connectivity index (χ4v) is 0.607. The SMILES string of the molecule is CCOCCOCCOC(=O)OC. The molecule has 0 bridgehead atoms. The summed E-state index contributed by atoms with van der Waals surface area (Å²) in [7, 11) is 1.26. The quantitative estimate of drug-likeness (QED) is 0.441. The number of rotatable bonds is 7. The average Bonchev–Trinajstić information content (AvgIpc) is 2.16. The van der Waals surface area contributed by atoms with Crippen molar-refractivity contribution in [1.29, 1.82) is 0 Å². The van der Waals surface area contributed by atoms with E-state index in [-0.39, 0.29) is 6.61 Å². The van der Waals surface area contributed by atoms with Crippen LogP contribution in [0.3, 0.4) is 0 Å². The highest BCUT2D eigenvalue weighted by molar-refractivity contribution is 5.59. The van der Waals surface area contributed by atoms with Gasteiger partial charge in [0, 0.05) is 6.61 Å². The Bertz CT molecular complexity index is 126. The Morgan fingerprint density at radius 1 is 1.08 bits per heavy atom. The van der Waals surface area contributed by atoms with E-state index in [1.165, 1.54) is 7.11 Å². The number of hydrogen-bond acceptors (Lipinski definition) is 5. The Morgan fingerprint density at radius 2 is 1.69 bits per heavy atom. The van der Waals surface area contributed by atoms with Crippen molar-refractivity contribution in [1.82, 2.24) is 0 Å². The first kappa shape index (κ1) is 12.2. The highest BCUT2D eigenvalue weighted by Crippen LogP contribution is 1.83. The molecule has 0 aliphatic heterocycles. The van der Waals surface area contributed by atoms with Crippen molar-refractivity contribution in [3.63, 3.8) is 0 Å². The molecule has 5 nitrogen and oxygen atoms in total. The molecule has 0 amide bonds. The first-order valence-electron chi connectivity index (χ1n) is 4.17. The van der Waals surface area contributed by atoms with Gasteiger partial charge in [-0.05, 0) is 6.92 Å². The van der Waals surface area contributed by atoms with Crippen LogP contribution >= 0.6 is 0 Å². The molecule has 0 rings (SSSR count). The maximum atomic E-state index is 10.4. The lowest BCUT2D eigenvalue weighted by Gasteiger charge is -2.04. The van der Waals surface area contributed by atoms with E-state index in [0.29, 0.717) is 26.4 Å². The third-order valence-corrected chi connectivity index (χ3v) is 1.19. The maximum absolute atomic E-state index is 10.4. The zero-order valence-corrected chi connectivity index (χ0v) is 8.08. The zero-order valence-electron chi connectivity index (χ0n) is 8.08. The third-order valence-electron chi connectivity index (χ3n) is 1.19. The molecule has 0 heterocycles. The number of ether oxygens (including phenoxy) is 4. The molecular formula is C8H16O5. The summed E-state index contributed by atoms with van der Waals surface area (Å²) in [6.45, 7) is 4.25. The maximum Gasteiger partial charge on any atom is 0.508 e. The molecule has 0 saturated heterocycles. The third kappa shape index (κ3) is 9.10. The monoisotopic (exact) mass is 192 g/mol. The van der Waals surface area contributed by atoms with Gasteiger partial charge in [0.15, 0.2) is 0 Å². The number of carbonyl (C=O) groups is 1. The average molecular weight is 192 g/mol. The van der Waals surface area contributed by atoms with Gasteiger partial charge in [0.05, 0.1) is 26.9 Å². The van der Waals surface area contributed by atoms with Crippen molar-refractivity contribution < 1.29 is 23.7 Å². The van der Waals surface area contributed by atoms with E-state index < -0.39 is 6.16 Å². The fourth-order valence-electron chi connectivity index (χ4n) is 0.607. The van der Waals surface area contributed by atoms with Crippen LogP contribution < -0.4 is 0 Å². The minimum Gasteiger partial charge on any atom is -0.438 e. The Kier molecular flexibility index (Phi) is 8.70. The van der Waals surface area contributed by atoms with Crippen molar-refractivity contribution in [2.75, 3.05) is 40.1 Å². The van der Waals surface area contributed by atoms with Gasteiger partial charge >= 0.3 is 6.16 Å². The van der Waals surface area contributed by atoms with Crippen LogP contribution in [-0.4, -0.2) is 46.3 Å². The molecular weight excluding hydrogens is 176 g/mol. The summed E-state index contributed by atoms with van der Waals surface area (Å²) < 4.78 is 18.9. The number of carbonyl (C=O) groups excluding carboxylic acids is 1. The van der Waals surface area contributed by atoms with E-state index in [4.69, 9.17) is 9.47 Å². The predicted octanol–water partition coefficient (Wildman–Crippen LogP) is 0.823. The molecule has 78 valence electrons. The molecule has 0 radical (unpaired) electrons. The zero-order chi connectivity index (χ0) is 9.94. The molecule has 0 aromatic carbocycles. The van der Waals surface area contributed by atoms with Gasteiger partial charge in [-0.15, -0.1) is 0 Å². The largest absolute Gasteiger partial charge is 0.508 e. The van der Waals surface area contributed by atoms with E-state index in [9.17, 15) is 4.79 Å². The summed E-state index contributed by atoms with van der Waals surface area (Å²) in [6, 6.07) is 0. The van der Waals surface area contributed by atoms with Crippen LogP contribution in [0.25, 0.3) is 0 Å². The lowest BCUT2D eigenvalue weighted by molar-refractivity contribution is 0.0164. The molecule has 0 unspecified atom stereocenters. The molecule has 5 heteroatoms. The summed E-state index contributed by atoms with van der Waals surface area (Å²) in [5, 5.41) is 0. The number of methoxy groups -OCH3 is 1. The molecule has 0 spiro atoms. The summed E-state index contributed by atoms with van der Waals surface area (Å²) in [4.78, 5) is 10.4.